The first-order valence-electron chi connectivity index (χ1n) is 9.90. The lowest BCUT2D eigenvalue weighted by atomic mass is 10.1. The Kier molecular flexibility index (Phi) is 6.04. The summed E-state index contributed by atoms with van der Waals surface area (Å²) in [5.41, 5.74) is 1.95. The molecule has 2 aliphatic rings. The van der Waals surface area contributed by atoms with E-state index in [1.165, 1.54) is 0 Å². The Hall–Kier alpha value is -3.26. The molecule has 2 aromatic carbocycles. The van der Waals surface area contributed by atoms with Crippen LogP contribution in [-0.4, -0.2) is 62.8 Å². The third kappa shape index (κ3) is 4.65. The van der Waals surface area contributed by atoms with Gasteiger partial charge in [0.05, 0.1) is 13.2 Å². The molecule has 0 spiro atoms. The monoisotopic (exact) mass is 412 g/mol. The molecular formula is C22H24N2O6. The summed E-state index contributed by atoms with van der Waals surface area (Å²) >= 11 is 0. The van der Waals surface area contributed by atoms with E-state index in [4.69, 9.17) is 18.9 Å². The summed E-state index contributed by atoms with van der Waals surface area (Å²) in [6.07, 6.45) is 0. The third-order valence-electron chi connectivity index (χ3n) is 4.97. The minimum atomic E-state index is -0.236. The first-order valence-corrected chi connectivity index (χ1v) is 9.90. The number of hydrogen-bond donors (Lipinski definition) is 1. The molecule has 158 valence electrons. The molecule has 0 bridgehead atoms. The van der Waals surface area contributed by atoms with Crippen molar-refractivity contribution >= 4 is 17.5 Å². The van der Waals surface area contributed by atoms with Crippen LogP contribution < -0.4 is 19.5 Å². The highest BCUT2D eigenvalue weighted by Gasteiger charge is 2.19. The van der Waals surface area contributed by atoms with E-state index in [0.717, 1.165) is 5.56 Å². The van der Waals surface area contributed by atoms with Crippen molar-refractivity contribution in [3.05, 3.63) is 47.5 Å². The lowest BCUT2D eigenvalue weighted by molar-refractivity contribution is -0.137. The van der Waals surface area contributed by atoms with Crippen LogP contribution in [0.2, 0.25) is 0 Å². The zero-order chi connectivity index (χ0) is 20.9. The van der Waals surface area contributed by atoms with Gasteiger partial charge in [-0.1, -0.05) is 0 Å². The summed E-state index contributed by atoms with van der Waals surface area (Å²) in [7, 11) is 0. The van der Waals surface area contributed by atoms with E-state index in [1.54, 1.807) is 35.2 Å². The molecule has 2 aliphatic heterocycles. The van der Waals surface area contributed by atoms with Gasteiger partial charge in [0.15, 0.2) is 18.1 Å². The first-order chi connectivity index (χ1) is 14.6. The highest BCUT2D eigenvalue weighted by atomic mass is 16.6. The van der Waals surface area contributed by atoms with Gasteiger partial charge in [-0.2, -0.15) is 0 Å². The zero-order valence-electron chi connectivity index (χ0n) is 16.8. The fourth-order valence-corrected chi connectivity index (χ4v) is 3.32. The van der Waals surface area contributed by atoms with Crippen LogP contribution in [0, 0.1) is 6.92 Å². The number of nitrogens with one attached hydrogen (secondary N) is 1. The molecule has 8 nitrogen and oxygen atoms in total. The van der Waals surface area contributed by atoms with Crippen LogP contribution >= 0.6 is 0 Å². The van der Waals surface area contributed by atoms with Gasteiger partial charge in [0, 0.05) is 24.3 Å². The Morgan fingerprint density at radius 1 is 1.00 bits per heavy atom. The summed E-state index contributed by atoms with van der Waals surface area (Å²) in [6.45, 7) is 5.10. The number of aryl methyl sites for hydroxylation is 1. The van der Waals surface area contributed by atoms with Gasteiger partial charge in [-0.25, -0.2) is 0 Å². The Bertz CT molecular complexity index is 922. The highest BCUT2D eigenvalue weighted by molar-refractivity contribution is 6.05. The number of hydrogen-bond acceptors (Lipinski definition) is 6. The van der Waals surface area contributed by atoms with Gasteiger partial charge in [-0.15, -0.1) is 0 Å². The minimum absolute atomic E-state index is 0.0257. The van der Waals surface area contributed by atoms with E-state index >= 15 is 0 Å². The predicted molar refractivity (Wildman–Crippen MR) is 109 cm³/mol. The van der Waals surface area contributed by atoms with Crippen molar-refractivity contribution in [2.45, 2.75) is 6.92 Å². The van der Waals surface area contributed by atoms with Crippen LogP contribution in [-0.2, 0) is 9.53 Å². The molecule has 0 aromatic heterocycles. The maximum absolute atomic E-state index is 12.7. The Labute approximate surface area is 174 Å². The van der Waals surface area contributed by atoms with Gasteiger partial charge in [-0.05, 0) is 48.9 Å². The summed E-state index contributed by atoms with van der Waals surface area (Å²) < 4.78 is 21.9. The van der Waals surface area contributed by atoms with Gasteiger partial charge >= 0.3 is 0 Å². The first kappa shape index (κ1) is 20.0. The molecule has 30 heavy (non-hydrogen) atoms. The summed E-state index contributed by atoms with van der Waals surface area (Å²) in [5, 5.41) is 2.87. The molecule has 1 saturated heterocycles. The fraction of sp³-hybridized carbons (Fsp3) is 0.364. The fourth-order valence-electron chi connectivity index (χ4n) is 3.32. The van der Waals surface area contributed by atoms with E-state index in [9.17, 15) is 9.59 Å². The highest BCUT2D eigenvalue weighted by Crippen LogP contribution is 2.33. The van der Waals surface area contributed by atoms with Gasteiger partial charge < -0.3 is 29.2 Å². The molecule has 2 amide bonds. The lowest BCUT2D eigenvalue weighted by Gasteiger charge is -2.26. The topological polar surface area (TPSA) is 86.3 Å². The molecular weight excluding hydrogens is 388 g/mol. The molecule has 0 aliphatic carbocycles. The number of fused-ring (bicyclic) bond motifs is 1. The molecule has 2 heterocycles. The standard InChI is InChI=1S/C22H24N2O6/c1-15-12-19-20(29-11-10-28-19)13-18(15)22(26)23-16-2-4-17(5-3-16)30-14-21(25)24-6-8-27-9-7-24/h2-5,12-13H,6-11,14H2,1H3,(H,23,26). The number of nitrogens with zero attached hydrogens (tertiary/aromatic N) is 1. The van der Waals surface area contributed by atoms with Crippen molar-refractivity contribution in [1.29, 1.82) is 0 Å². The molecule has 0 radical (unpaired) electrons. The van der Waals surface area contributed by atoms with E-state index in [2.05, 4.69) is 5.32 Å². The van der Waals surface area contributed by atoms with Crippen LogP contribution in [0.5, 0.6) is 17.2 Å². The molecule has 1 fully saturated rings. The largest absolute Gasteiger partial charge is 0.486 e. The maximum Gasteiger partial charge on any atom is 0.260 e. The molecule has 0 unspecified atom stereocenters. The second kappa shape index (κ2) is 9.04. The normalized spacial score (nSPS) is 15.4. The summed E-state index contributed by atoms with van der Waals surface area (Å²) in [6, 6.07) is 10.4. The number of amides is 2. The number of carbonyl (C=O) groups excluding carboxylic acids is 2. The molecule has 8 heteroatoms. The molecule has 2 aromatic rings. The number of carbonyl (C=O) groups is 2. The zero-order valence-corrected chi connectivity index (χ0v) is 16.8. The van der Waals surface area contributed by atoms with Crippen LogP contribution in [0.3, 0.4) is 0 Å². The van der Waals surface area contributed by atoms with E-state index in [0.29, 0.717) is 68.0 Å². The van der Waals surface area contributed by atoms with Gasteiger partial charge in [0.2, 0.25) is 0 Å². The predicted octanol–water partition coefficient (Wildman–Crippen LogP) is 2.26. The second-order valence-corrected chi connectivity index (χ2v) is 7.07. The Morgan fingerprint density at radius 2 is 1.67 bits per heavy atom. The van der Waals surface area contributed by atoms with Gasteiger partial charge in [-0.3, -0.25) is 9.59 Å². The van der Waals surface area contributed by atoms with Gasteiger partial charge in [0.25, 0.3) is 11.8 Å². The van der Waals surface area contributed by atoms with Crippen LogP contribution in [0.4, 0.5) is 5.69 Å². The van der Waals surface area contributed by atoms with E-state index < -0.39 is 0 Å². The summed E-state index contributed by atoms with van der Waals surface area (Å²) in [5.74, 6) is 1.49. The number of morpholine rings is 1. The Morgan fingerprint density at radius 3 is 2.37 bits per heavy atom. The number of anilines is 1. The van der Waals surface area contributed by atoms with Crippen molar-refractivity contribution in [1.82, 2.24) is 4.90 Å². The molecule has 1 N–H and O–H groups in total. The third-order valence-corrected chi connectivity index (χ3v) is 4.97. The quantitative estimate of drug-likeness (QED) is 0.811. The second-order valence-electron chi connectivity index (χ2n) is 7.07. The SMILES string of the molecule is Cc1cc2c(cc1C(=O)Nc1ccc(OCC(=O)N3CCOCC3)cc1)OCCO2. The number of ether oxygens (including phenoxy) is 4. The van der Waals surface area contributed by atoms with Gasteiger partial charge in [0.1, 0.15) is 19.0 Å². The van der Waals surface area contributed by atoms with Crippen LogP contribution in [0.15, 0.2) is 36.4 Å². The number of rotatable bonds is 5. The average molecular weight is 412 g/mol. The summed E-state index contributed by atoms with van der Waals surface area (Å²) in [4.78, 5) is 26.6. The Balaban J connectivity index is 1.34. The number of benzene rings is 2. The van der Waals surface area contributed by atoms with Crippen molar-refractivity contribution in [3.8, 4) is 17.2 Å². The van der Waals surface area contributed by atoms with Crippen molar-refractivity contribution in [2.24, 2.45) is 0 Å². The molecule has 4 rings (SSSR count). The average Bonchev–Trinajstić information content (AvgIpc) is 2.78. The van der Waals surface area contributed by atoms with Crippen molar-refractivity contribution < 1.29 is 28.5 Å². The van der Waals surface area contributed by atoms with E-state index in [-0.39, 0.29) is 18.4 Å². The minimum Gasteiger partial charge on any atom is -0.486 e. The smallest absolute Gasteiger partial charge is 0.260 e. The maximum atomic E-state index is 12.7. The van der Waals surface area contributed by atoms with Crippen LogP contribution in [0.1, 0.15) is 15.9 Å². The van der Waals surface area contributed by atoms with E-state index in [1.807, 2.05) is 13.0 Å². The van der Waals surface area contributed by atoms with Crippen molar-refractivity contribution in [3.63, 3.8) is 0 Å². The van der Waals surface area contributed by atoms with Crippen molar-refractivity contribution in [2.75, 3.05) is 51.4 Å². The lowest BCUT2D eigenvalue weighted by Crippen LogP contribution is -2.42. The van der Waals surface area contributed by atoms with Crippen LogP contribution in [0.25, 0.3) is 0 Å². The molecule has 0 saturated carbocycles. The molecule has 0 atom stereocenters.